The van der Waals surface area contributed by atoms with Crippen molar-refractivity contribution in [2.75, 3.05) is 10.0 Å². The van der Waals surface area contributed by atoms with Gasteiger partial charge in [-0.05, 0) is 67.3 Å². The van der Waals surface area contributed by atoms with Gasteiger partial charge in [0, 0.05) is 35.1 Å². The first-order chi connectivity index (χ1) is 17.7. The Kier molecular flexibility index (Phi) is 7.83. The van der Waals surface area contributed by atoms with Crippen LogP contribution in [0, 0.1) is 5.82 Å². The molecule has 2 aromatic carbocycles. The van der Waals surface area contributed by atoms with Crippen LogP contribution in [0.25, 0.3) is 11.4 Å². The number of ether oxygens (including phenoxy) is 1. The smallest absolute Gasteiger partial charge is 0.223 e. The predicted octanol–water partition coefficient (Wildman–Crippen LogP) is 7.99. The molecule has 0 bridgehead atoms. The molecule has 0 amide bonds. The van der Waals surface area contributed by atoms with E-state index in [-0.39, 0.29) is 5.75 Å². The molecular weight excluding hydrogens is 497 g/mol. The van der Waals surface area contributed by atoms with Crippen LogP contribution in [0.3, 0.4) is 0 Å². The highest BCUT2D eigenvalue weighted by Gasteiger charge is 2.17. The Labute approximate surface area is 218 Å². The molecule has 184 valence electrons. The van der Waals surface area contributed by atoms with E-state index >= 15 is 0 Å². The molecule has 1 fully saturated rings. The fourth-order valence-corrected chi connectivity index (χ4v) is 4.98. The molecule has 0 radical (unpaired) electrons. The van der Waals surface area contributed by atoms with Gasteiger partial charge in [-0.1, -0.05) is 43.0 Å². The molecule has 0 spiro atoms. The molecule has 5 rings (SSSR count). The molecule has 2 N–H and O–H groups in total. The van der Waals surface area contributed by atoms with Gasteiger partial charge < -0.3 is 14.8 Å². The van der Waals surface area contributed by atoms with Crippen molar-refractivity contribution in [3.05, 3.63) is 83.9 Å². The number of nitrogens with one attached hydrogen (secondary N) is 2. The number of hydrogen-bond donors (Lipinski definition) is 2. The van der Waals surface area contributed by atoms with Crippen LogP contribution in [0.2, 0.25) is 5.02 Å². The number of pyridine rings is 1. The summed E-state index contributed by atoms with van der Waals surface area (Å²) in [6.45, 7) is 0. The van der Waals surface area contributed by atoms with Crippen LogP contribution in [0.15, 0.2) is 78.0 Å². The molecule has 0 saturated heterocycles. The molecule has 4 aromatic rings. The van der Waals surface area contributed by atoms with Crippen molar-refractivity contribution in [1.29, 1.82) is 0 Å². The van der Waals surface area contributed by atoms with Gasteiger partial charge in [0.15, 0.2) is 17.3 Å². The molecule has 2 heterocycles. The normalized spacial score (nSPS) is 13.8. The molecule has 6 nitrogen and oxygen atoms in total. The van der Waals surface area contributed by atoms with Crippen molar-refractivity contribution < 1.29 is 9.13 Å². The second kappa shape index (κ2) is 11.6. The minimum absolute atomic E-state index is 0.0900. The Balaban J connectivity index is 1.31. The number of benzene rings is 2. The lowest BCUT2D eigenvalue weighted by molar-refractivity contribution is 0.442. The minimum atomic E-state index is -0.503. The van der Waals surface area contributed by atoms with Crippen molar-refractivity contribution in [1.82, 2.24) is 15.0 Å². The third-order valence-corrected chi connectivity index (χ3v) is 7.23. The van der Waals surface area contributed by atoms with Crippen LogP contribution >= 0.6 is 23.5 Å². The molecule has 1 aliphatic carbocycles. The maximum atomic E-state index is 14.9. The summed E-state index contributed by atoms with van der Waals surface area (Å²) in [5.74, 6) is 0.558. The largest absolute Gasteiger partial charge is 0.452 e. The van der Waals surface area contributed by atoms with E-state index in [1.807, 2.05) is 18.2 Å². The highest BCUT2D eigenvalue weighted by molar-refractivity contribution is 8.00. The van der Waals surface area contributed by atoms with E-state index in [4.69, 9.17) is 16.3 Å². The molecular formula is C27H25ClFN5OS. The van der Waals surface area contributed by atoms with Gasteiger partial charge >= 0.3 is 0 Å². The summed E-state index contributed by atoms with van der Waals surface area (Å²) < 4.78 is 24.0. The van der Waals surface area contributed by atoms with Crippen molar-refractivity contribution in [2.45, 2.75) is 43.0 Å². The van der Waals surface area contributed by atoms with Crippen LogP contribution in [0.1, 0.15) is 32.1 Å². The fraction of sp³-hybridized carbons (Fsp3) is 0.222. The predicted molar refractivity (Wildman–Crippen MR) is 143 cm³/mol. The van der Waals surface area contributed by atoms with Crippen molar-refractivity contribution in [2.24, 2.45) is 0 Å². The molecule has 1 aliphatic rings. The number of halogens is 2. The van der Waals surface area contributed by atoms with E-state index in [1.165, 1.54) is 37.3 Å². The SMILES string of the molecule is Fc1cc(NSc2ccccc2Cl)ccc1Oc1cccnc1-c1ccnc(NC2CCCCC2)n1. The number of hydrogen-bond acceptors (Lipinski definition) is 7. The molecule has 1 saturated carbocycles. The highest BCUT2D eigenvalue weighted by Crippen LogP contribution is 2.34. The minimum Gasteiger partial charge on any atom is -0.452 e. The Bertz CT molecular complexity index is 1340. The Morgan fingerprint density at radius 2 is 1.78 bits per heavy atom. The first kappa shape index (κ1) is 24.3. The summed E-state index contributed by atoms with van der Waals surface area (Å²) in [4.78, 5) is 14.3. The molecule has 0 atom stereocenters. The van der Waals surface area contributed by atoms with Gasteiger partial charge in [-0.25, -0.2) is 14.4 Å². The van der Waals surface area contributed by atoms with E-state index in [0.29, 0.717) is 39.8 Å². The Morgan fingerprint density at radius 1 is 0.917 bits per heavy atom. The van der Waals surface area contributed by atoms with Gasteiger partial charge in [0.05, 0.1) is 10.7 Å². The summed E-state index contributed by atoms with van der Waals surface area (Å²) in [6.07, 6.45) is 9.31. The van der Waals surface area contributed by atoms with E-state index in [9.17, 15) is 4.39 Å². The zero-order chi connectivity index (χ0) is 24.7. The lowest BCUT2D eigenvalue weighted by atomic mass is 9.96. The van der Waals surface area contributed by atoms with E-state index < -0.39 is 5.82 Å². The van der Waals surface area contributed by atoms with Crippen LogP contribution in [-0.4, -0.2) is 21.0 Å². The molecule has 0 unspecified atom stereocenters. The number of anilines is 2. The molecule has 9 heteroatoms. The number of rotatable bonds is 8. The second-order valence-corrected chi connectivity index (χ2v) is 9.73. The van der Waals surface area contributed by atoms with Crippen LogP contribution in [0.5, 0.6) is 11.5 Å². The highest BCUT2D eigenvalue weighted by atomic mass is 35.5. The van der Waals surface area contributed by atoms with Gasteiger partial charge in [-0.3, -0.25) is 4.98 Å². The number of nitrogens with zero attached hydrogens (tertiary/aromatic N) is 3. The molecule has 2 aromatic heterocycles. The maximum absolute atomic E-state index is 14.9. The monoisotopic (exact) mass is 521 g/mol. The van der Waals surface area contributed by atoms with Crippen molar-refractivity contribution in [3.63, 3.8) is 0 Å². The van der Waals surface area contributed by atoms with E-state index in [1.54, 1.807) is 48.8 Å². The average molecular weight is 522 g/mol. The Hall–Kier alpha value is -3.36. The quantitative estimate of drug-likeness (QED) is 0.228. The first-order valence-electron chi connectivity index (χ1n) is 11.9. The summed E-state index contributed by atoms with van der Waals surface area (Å²) in [6, 6.07) is 17.8. The van der Waals surface area contributed by atoms with E-state index in [0.717, 1.165) is 17.7 Å². The lowest BCUT2D eigenvalue weighted by Gasteiger charge is -2.22. The van der Waals surface area contributed by atoms with Crippen LogP contribution in [-0.2, 0) is 0 Å². The summed E-state index contributed by atoms with van der Waals surface area (Å²) in [5.41, 5.74) is 1.71. The average Bonchev–Trinajstić information content (AvgIpc) is 2.91. The van der Waals surface area contributed by atoms with Crippen molar-refractivity contribution in [3.8, 4) is 22.9 Å². The third-order valence-electron chi connectivity index (χ3n) is 5.87. The Morgan fingerprint density at radius 3 is 2.61 bits per heavy atom. The third kappa shape index (κ3) is 6.06. The summed E-state index contributed by atoms with van der Waals surface area (Å²) in [7, 11) is 0. The van der Waals surface area contributed by atoms with Crippen molar-refractivity contribution >= 4 is 35.2 Å². The summed E-state index contributed by atoms with van der Waals surface area (Å²) in [5, 5.41) is 4.06. The molecule has 0 aliphatic heterocycles. The van der Waals surface area contributed by atoms with E-state index in [2.05, 4.69) is 25.0 Å². The number of aromatic nitrogens is 3. The standard InChI is InChI=1S/C27H25ClFN5OS/c28-20-9-4-5-11-25(20)36-34-19-12-13-23(21(29)17-19)35-24-10-6-15-30-26(24)22-14-16-31-27(33-22)32-18-7-2-1-3-8-18/h4-6,9-18,34H,1-3,7-8H2,(H,31,32,33). The summed E-state index contributed by atoms with van der Waals surface area (Å²) >= 11 is 7.50. The first-order valence-corrected chi connectivity index (χ1v) is 13.0. The van der Waals surface area contributed by atoms with Gasteiger partial charge in [-0.2, -0.15) is 0 Å². The maximum Gasteiger partial charge on any atom is 0.223 e. The second-order valence-electron chi connectivity index (χ2n) is 8.48. The van der Waals surface area contributed by atoms with Gasteiger partial charge in [0.2, 0.25) is 5.95 Å². The topological polar surface area (TPSA) is 72.0 Å². The van der Waals surface area contributed by atoms with Gasteiger partial charge in [-0.15, -0.1) is 0 Å². The van der Waals surface area contributed by atoms with Crippen LogP contribution in [0.4, 0.5) is 16.0 Å². The lowest BCUT2D eigenvalue weighted by Crippen LogP contribution is -2.23. The van der Waals surface area contributed by atoms with Gasteiger partial charge in [0.1, 0.15) is 5.69 Å². The zero-order valence-corrected chi connectivity index (χ0v) is 21.0. The zero-order valence-electron chi connectivity index (χ0n) is 19.5. The van der Waals surface area contributed by atoms with Gasteiger partial charge in [0.25, 0.3) is 0 Å². The molecule has 36 heavy (non-hydrogen) atoms. The van der Waals surface area contributed by atoms with Crippen LogP contribution < -0.4 is 14.8 Å². The fourth-order valence-electron chi connectivity index (χ4n) is 4.06.